The van der Waals surface area contributed by atoms with Gasteiger partial charge in [0.25, 0.3) is 5.91 Å². The summed E-state index contributed by atoms with van der Waals surface area (Å²) in [6.45, 7) is -0.504. The topological polar surface area (TPSA) is 88.9 Å². The number of fused-ring (bicyclic) bond motifs is 1. The fourth-order valence-electron chi connectivity index (χ4n) is 2.49. The third kappa shape index (κ3) is 5.28. The van der Waals surface area contributed by atoms with E-state index in [0.29, 0.717) is 21.4 Å². The number of nitrogens with zero attached hydrogens (tertiary/aromatic N) is 1. The predicted molar refractivity (Wildman–Crippen MR) is 111 cm³/mol. The van der Waals surface area contributed by atoms with Crippen molar-refractivity contribution in [2.24, 2.45) is 0 Å². The van der Waals surface area contributed by atoms with E-state index in [1.165, 1.54) is 24.1 Å². The summed E-state index contributed by atoms with van der Waals surface area (Å²) in [6, 6.07) is 12.7. The molecule has 150 valence electrons. The van der Waals surface area contributed by atoms with Crippen molar-refractivity contribution in [2.45, 2.75) is 0 Å². The summed E-state index contributed by atoms with van der Waals surface area (Å²) in [5.41, 5.74) is 0.164. The molecule has 0 saturated heterocycles. The molecular formula is C20H16Cl2N2O5. The van der Waals surface area contributed by atoms with Gasteiger partial charge in [0.05, 0.1) is 22.3 Å². The number of rotatable bonds is 6. The molecular weight excluding hydrogens is 419 g/mol. The summed E-state index contributed by atoms with van der Waals surface area (Å²) in [7, 11) is 1.47. The molecule has 3 aromatic rings. The smallest absolute Gasteiger partial charge is 0.336 e. The first-order valence-corrected chi connectivity index (χ1v) is 9.23. The maximum Gasteiger partial charge on any atom is 0.336 e. The summed E-state index contributed by atoms with van der Waals surface area (Å²) in [4.78, 5) is 36.9. The van der Waals surface area contributed by atoms with Gasteiger partial charge < -0.3 is 19.4 Å². The molecule has 3 rings (SSSR count). The first-order valence-electron chi connectivity index (χ1n) is 8.48. The summed E-state index contributed by atoms with van der Waals surface area (Å²) < 4.78 is 10.5. The van der Waals surface area contributed by atoms with Crippen molar-refractivity contribution >= 4 is 51.7 Å². The van der Waals surface area contributed by atoms with Gasteiger partial charge in [0, 0.05) is 24.6 Å². The number of carbonyl (C=O) groups is 2. The molecule has 0 radical (unpaired) electrons. The number of amides is 2. The standard InChI is InChI=1S/C20H16Cl2N2O5/c1-24(10-17(25)23-20-14(21)3-2-4-15(20)22)18(26)11-28-13-7-5-12-6-8-19(27)29-16(12)9-13/h2-9H,10-11H2,1H3,(H,23,25). The molecule has 0 saturated carbocycles. The number of nitrogens with one attached hydrogen (secondary N) is 1. The number of para-hydroxylation sites is 1. The van der Waals surface area contributed by atoms with Gasteiger partial charge in [0.15, 0.2) is 6.61 Å². The van der Waals surface area contributed by atoms with Gasteiger partial charge in [0.1, 0.15) is 11.3 Å². The Morgan fingerprint density at radius 1 is 1.10 bits per heavy atom. The minimum absolute atomic E-state index is 0.212. The van der Waals surface area contributed by atoms with Crippen LogP contribution in [0.25, 0.3) is 11.0 Å². The van der Waals surface area contributed by atoms with E-state index < -0.39 is 17.4 Å². The zero-order valence-electron chi connectivity index (χ0n) is 15.3. The van der Waals surface area contributed by atoms with Crippen LogP contribution < -0.4 is 15.7 Å². The Kier molecular flexibility index (Phi) is 6.41. The molecule has 1 aromatic heterocycles. The number of ether oxygens (including phenoxy) is 1. The number of hydrogen-bond donors (Lipinski definition) is 1. The minimum atomic E-state index is -0.477. The molecule has 2 amide bonds. The Hall–Kier alpha value is -3.03. The first-order chi connectivity index (χ1) is 13.8. The largest absolute Gasteiger partial charge is 0.484 e. The van der Waals surface area contributed by atoms with Crippen molar-refractivity contribution in [2.75, 3.05) is 25.5 Å². The Balaban J connectivity index is 1.56. The van der Waals surface area contributed by atoms with E-state index in [9.17, 15) is 14.4 Å². The van der Waals surface area contributed by atoms with Gasteiger partial charge in [-0.05, 0) is 30.3 Å². The van der Waals surface area contributed by atoms with Crippen molar-refractivity contribution in [3.63, 3.8) is 0 Å². The maximum absolute atomic E-state index is 12.3. The van der Waals surface area contributed by atoms with Crippen LogP contribution >= 0.6 is 23.2 Å². The van der Waals surface area contributed by atoms with Crippen LogP contribution in [0.3, 0.4) is 0 Å². The highest BCUT2D eigenvalue weighted by molar-refractivity contribution is 6.39. The van der Waals surface area contributed by atoms with Crippen LogP contribution in [0, 0.1) is 0 Å². The van der Waals surface area contributed by atoms with Gasteiger partial charge in [-0.1, -0.05) is 29.3 Å². The van der Waals surface area contributed by atoms with Crippen LogP contribution in [0.2, 0.25) is 10.0 Å². The van der Waals surface area contributed by atoms with Crippen LogP contribution in [0.5, 0.6) is 5.75 Å². The summed E-state index contributed by atoms with van der Waals surface area (Å²) >= 11 is 12.0. The van der Waals surface area contributed by atoms with Gasteiger partial charge in [-0.15, -0.1) is 0 Å². The average Bonchev–Trinajstić information content (AvgIpc) is 2.68. The molecule has 0 aliphatic heterocycles. The molecule has 7 nitrogen and oxygen atoms in total. The van der Waals surface area contributed by atoms with Gasteiger partial charge >= 0.3 is 5.63 Å². The zero-order valence-corrected chi connectivity index (χ0v) is 16.8. The van der Waals surface area contributed by atoms with Crippen molar-refractivity contribution in [3.8, 4) is 5.75 Å². The SMILES string of the molecule is CN(CC(=O)Nc1c(Cl)cccc1Cl)C(=O)COc1ccc2ccc(=O)oc2c1. The van der Waals surface area contributed by atoms with Gasteiger partial charge in [0.2, 0.25) is 5.91 Å². The van der Waals surface area contributed by atoms with E-state index in [-0.39, 0.29) is 18.8 Å². The van der Waals surface area contributed by atoms with Crippen LogP contribution in [0.15, 0.2) is 57.7 Å². The van der Waals surface area contributed by atoms with Gasteiger partial charge in [-0.2, -0.15) is 0 Å². The van der Waals surface area contributed by atoms with E-state index in [2.05, 4.69) is 5.32 Å². The Morgan fingerprint density at radius 2 is 1.79 bits per heavy atom. The van der Waals surface area contributed by atoms with Crippen molar-refractivity contribution < 1.29 is 18.7 Å². The highest BCUT2D eigenvalue weighted by Gasteiger charge is 2.16. The molecule has 1 heterocycles. The Morgan fingerprint density at radius 3 is 2.52 bits per heavy atom. The predicted octanol–water partition coefficient (Wildman–Crippen LogP) is 3.58. The lowest BCUT2D eigenvalue weighted by atomic mass is 10.2. The van der Waals surface area contributed by atoms with E-state index in [1.807, 2.05) is 0 Å². The number of likely N-dealkylation sites (N-methyl/N-ethyl adjacent to an activating group) is 1. The fraction of sp³-hybridized carbons (Fsp3) is 0.150. The Bertz CT molecular complexity index is 1110. The lowest BCUT2D eigenvalue weighted by molar-refractivity contribution is -0.135. The summed E-state index contributed by atoms with van der Waals surface area (Å²) in [6.07, 6.45) is 0. The van der Waals surface area contributed by atoms with Crippen molar-refractivity contribution in [1.29, 1.82) is 0 Å². The molecule has 0 aliphatic rings. The molecule has 0 atom stereocenters. The van der Waals surface area contributed by atoms with E-state index in [1.54, 1.807) is 36.4 Å². The van der Waals surface area contributed by atoms with Crippen molar-refractivity contribution in [3.05, 3.63) is 69.0 Å². The normalized spacial score (nSPS) is 10.6. The Labute approximate surface area is 175 Å². The summed E-state index contributed by atoms with van der Waals surface area (Å²) in [5, 5.41) is 3.91. The second-order valence-electron chi connectivity index (χ2n) is 6.14. The summed E-state index contributed by atoms with van der Waals surface area (Å²) in [5.74, 6) is -0.510. The first kappa shape index (κ1) is 20.7. The number of benzene rings is 2. The minimum Gasteiger partial charge on any atom is -0.484 e. The molecule has 2 aromatic carbocycles. The zero-order chi connectivity index (χ0) is 21.0. The monoisotopic (exact) mass is 434 g/mol. The lowest BCUT2D eigenvalue weighted by Gasteiger charge is -2.18. The van der Waals surface area contributed by atoms with Gasteiger partial charge in [-0.25, -0.2) is 4.79 Å². The third-order valence-electron chi connectivity index (χ3n) is 3.99. The van der Waals surface area contributed by atoms with E-state index in [0.717, 1.165) is 5.39 Å². The van der Waals surface area contributed by atoms with E-state index in [4.69, 9.17) is 32.4 Å². The second kappa shape index (κ2) is 8.98. The number of anilines is 1. The molecule has 0 unspecified atom stereocenters. The molecule has 0 fully saturated rings. The molecule has 1 N–H and O–H groups in total. The van der Waals surface area contributed by atoms with Crippen LogP contribution in [0.4, 0.5) is 5.69 Å². The third-order valence-corrected chi connectivity index (χ3v) is 4.62. The molecule has 0 aliphatic carbocycles. The highest BCUT2D eigenvalue weighted by Crippen LogP contribution is 2.29. The van der Waals surface area contributed by atoms with Crippen molar-refractivity contribution in [1.82, 2.24) is 4.90 Å². The van der Waals surface area contributed by atoms with Crippen LogP contribution in [0.1, 0.15) is 0 Å². The molecule has 29 heavy (non-hydrogen) atoms. The molecule has 0 bridgehead atoms. The average molecular weight is 435 g/mol. The number of hydrogen-bond acceptors (Lipinski definition) is 5. The quantitative estimate of drug-likeness (QED) is 0.598. The highest BCUT2D eigenvalue weighted by atomic mass is 35.5. The van der Waals surface area contributed by atoms with E-state index >= 15 is 0 Å². The molecule has 0 spiro atoms. The number of halogens is 2. The second-order valence-corrected chi connectivity index (χ2v) is 6.95. The van der Waals surface area contributed by atoms with Gasteiger partial charge in [-0.3, -0.25) is 9.59 Å². The van der Waals surface area contributed by atoms with Crippen LogP contribution in [-0.2, 0) is 9.59 Å². The number of carbonyl (C=O) groups excluding carboxylic acids is 2. The molecule has 9 heteroatoms. The fourth-order valence-corrected chi connectivity index (χ4v) is 2.98. The maximum atomic E-state index is 12.3. The van der Waals surface area contributed by atoms with Crippen LogP contribution in [-0.4, -0.2) is 36.9 Å². The lowest BCUT2D eigenvalue weighted by Crippen LogP contribution is -2.37.